The first-order chi connectivity index (χ1) is 7.08. The summed E-state index contributed by atoms with van der Waals surface area (Å²) in [6, 6.07) is 0.263. The van der Waals surface area contributed by atoms with Gasteiger partial charge < -0.3 is 10.6 Å². The van der Waals surface area contributed by atoms with E-state index in [0.717, 1.165) is 13.0 Å². The predicted molar refractivity (Wildman–Crippen MR) is 55.1 cm³/mol. The molecule has 15 heavy (non-hydrogen) atoms. The van der Waals surface area contributed by atoms with Crippen LogP contribution >= 0.6 is 0 Å². The molecule has 1 aliphatic rings. The smallest absolute Gasteiger partial charge is 0.291 e. The van der Waals surface area contributed by atoms with Gasteiger partial charge in [-0.1, -0.05) is 6.92 Å². The van der Waals surface area contributed by atoms with Crippen molar-refractivity contribution in [2.75, 3.05) is 12.3 Å². The molecule has 1 aliphatic heterocycles. The number of likely N-dealkylation sites (tertiary alicyclic amines) is 1. The number of nitrogens with two attached hydrogens (primary N) is 1. The van der Waals surface area contributed by atoms with Crippen molar-refractivity contribution in [2.45, 2.75) is 26.3 Å². The lowest BCUT2D eigenvalue weighted by atomic mass is 10.1. The summed E-state index contributed by atoms with van der Waals surface area (Å²) in [5, 5.41) is 6.19. The highest BCUT2D eigenvalue weighted by atomic mass is 16.2. The molecule has 2 heterocycles. The van der Waals surface area contributed by atoms with Gasteiger partial charge in [-0.05, 0) is 19.3 Å². The number of H-pyrrole nitrogens is 1. The standard InChI is InChI=1S/C9H15N5O/c1-5-3-6(2)14(4-5)8(15)7-11-9(10)13-12-7/h5-6H,3-4H2,1-2H3,(H3,10,11,12,13). The van der Waals surface area contributed by atoms with Crippen LogP contribution in [0.4, 0.5) is 5.95 Å². The van der Waals surface area contributed by atoms with Crippen LogP contribution in [-0.4, -0.2) is 38.6 Å². The summed E-state index contributed by atoms with van der Waals surface area (Å²) in [5.74, 6) is 0.770. The van der Waals surface area contributed by atoms with Crippen molar-refractivity contribution in [1.82, 2.24) is 20.1 Å². The van der Waals surface area contributed by atoms with Crippen LogP contribution in [0, 0.1) is 5.92 Å². The second-order valence-corrected chi connectivity index (χ2v) is 4.19. The molecule has 0 radical (unpaired) electrons. The molecule has 2 rings (SSSR count). The molecule has 1 aromatic heterocycles. The zero-order valence-electron chi connectivity index (χ0n) is 8.90. The highest BCUT2D eigenvalue weighted by Crippen LogP contribution is 2.23. The summed E-state index contributed by atoms with van der Waals surface area (Å²) >= 11 is 0. The van der Waals surface area contributed by atoms with Crippen molar-refractivity contribution < 1.29 is 4.79 Å². The Balaban J connectivity index is 2.15. The number of hydrogen-bond donors (Lipinski definition) is 2. The molecule has 0 saturated carbocycles. The first-order valence-electron chi connectivity index (χ1n) is 5.06. The lowest BCUT2D eigenvalue weighted by Gasteiger charge is -2.19. The molecule has 0 bridgehead atoms. The van der Waals surface area contributed by atoms with E-state index in [1.165, 1.54) is 0 Å². The van der Waals surface area contributed by atoms with Gasteiger partial charge in [0.05, 0.1) is 0 Å². The van der Waals surface area contributed by atoms with Gasteiger partial charge in [-0.2, -0.15) is 4.98 Å². The fraction of sp³-hybridized carbons (Fsp3) is 0.667. The molecule has 1 saturated heterocycles. The Hall–Kier alpha value is -1.59. The van der Waals surface area contributed by atoms with E-state index >= 15 is 0 Å². The summed E-state index contributed by atoms with van der Waals surface area (Å²) in [7, 11) is 0. The van der Waals surface area contributed by atoms with E-state index in [1.54, 1.807) is 0 Å². The quantitative estimate of drug-likeness (QED) is 0.694. The predicted octanol–water partition coefficient (Wildman–Crippen LogP) is 0.257. The van der Waals surface area contributed by atoms with Crippen LogP contribution in [0.25, 0.3) is 0 Å². The van der Waals surface area contributed by atoms with Crippen molar-refractivity contribution in [3.8, 4) is 0 Å². The molecule has 3 N–H and O–H groups in total. The Bertz CT molecular complexity index is 374. The SMILES string of the molecule is CC1CC(C)N(C(=O)c2nc(N)n[nH]2)C1. The van der Waals surface area contributed by atoms with E-state index in [9.17, 15) is 4.79 Å². The van der Waals surface area contributed by atoms with Crippen LogP contribution in [0.1, 0.15) is 30.9 Å². The van der Waals surface area contributed by atoms with Gasteiger partial charge in [0.15, 0.2) is 0 Å². The Labute approximate surface area is 87.9 Å². The molecule has 6 heteroatoms. The number of aromatic amines is 1. The number of hydrogen-bond acceptors (Lipinski definition) is 4. The monoisotopic (exact) mass is 209 g/mol. The number of nitrogens with zero attached hydrogens (tertiary/aromatic N) is 3. The van der Waals surface area contributed by atoms with Crippen molar-refractivity contribution >= 4 is 11.9 Å². The molecule has 0 aliphatic carbocycles. The third kappa shape index (κ3) is 1.79. The van der Waals surface area contributed by atoms with Gasteiger partial charge in [-0.3, -0.25) is 9.89 Å². The van der Waals surface area contributed by atoms with Gasteiger partial charge in [0.1, 0.15) is 0 Å². The molecule has 2 atom stereocenters. The summed E-state index contributed by atoms with van der Waals surface area (Å²) in [5.41, 5.74) is 5.35. The maximum absolute atomic E-state index is 12.0. The zero-order valence-corrected chi connectivity index (χ0v) is 8.90. The van der Waals surface area contributed by atoms with Gasteiger partial charge in [0.25, 0.3) is 5.91 Å². The van der Waals surface area contributed by atoms with Crippen LogP contribution < -0.4 is 5.73 Å². The first kappa shape index (κ1) is 9.95. The van der Waals surface area contributed by atoms with Crippen LogP contribution in [0.3, 0.4) is 0 Å². The minimum Gasteiger partial charge on any atom is -0.366 e. The van der Waals surface area contributed by atoms with E-state index in [2.05, 4.69) is 22.1 Å². The molecule has 0 spiro atoms. The van der Waals surface area contributed by atoms with Crippen LogP contribution in [0.5, 0.6) is 0 Å². The van der Waals surface area contributed by atoms with E-state index in [-0.39, 0.29) is 23.7 Å². The summed E-state index contributed by atoms with van der Waals surface area (Å²) < 4.78 is 0. The van der Waals surface area contributed by atoms with Gasteiger partial charge in [-0.15, -0.1) is 5.10 Å². The number of carbonyl (C=O) groups is 1. The van der Waals surface area contributed by atoms with Gasteiger partial charge in [0.2, 0.25) is 11.8 Å². The largest absolute Gasteiger partial charge is 0.366 e. The lowest BCUT2D eigenvalue weighted by molar-refractivity contribution is 0.0732. The highest BCUT2D eigenvalue weighted by molar-refractivity contribution is 5.91. The summed E-state index contributed by atoms with van der Waals surface area (Å²) in [6.07, 6.45) is 1.04. The summed E-state index contributed by atoms with van der Waals surface area (Å²) in [6.45, 7) is 4.96. The average Bonchev–Trinajstić information content (AvgIpc) is 2.71. The second kappa shape index (κ2) is 3.52. The Morgan fingerprint density at radius 2 is 2.33 bits per heavy atom. The van der Waals surface area contributed by atoms with Gasteiger partial charge in [0, 0.05) is 12.6 Å². The van der Waals surface area contributed by atoms with E-state index in [0.29, 0.717) is 5.92 Å². The number of aromatic nitrogens is 3. The fourth-order valence-electron chi connectivity index (χ4n) is 2.09. The normalized spacial score (nSPS) is 25.9. The Morgan fingerprint density at radius 1 is 1.60 bits per heavy atom. The lowest BCUT2D eigenvalue weighted by Crippen LogP contribution is -2.34. The molecule has 82 valence electrons. The zero-order chi connectivity index (χ0) is 11.0. The van der Waals surface area contributed by atoms with Gasteiger partial charge >= 0.3 is 0 Å². The van der Waals surface area contributed by atoms with Crippen LogP contribution in [0.2, 0.25) is 0 Å². The van der Waals surface area contributed by atoms with E-state index in [1.807, 2.05) is 11.8 Å². The molecule has 0 aromatic carbocycles. The molecule has 1 amide bonds. The van der Waals surface area contributed by atoms with Crippen molar-refractivity contribution in [1.29, 1.82) is 0 Å². The van der Waals surface area contributed by atoms with E-state index in [4.69, 9.17) is 5.73 Å². The van der Waals surface area contributed by atoms with Crippen molar-refractivity contribution in [2.24, 2.45) is 5.92 Å². The minimum absolute atomic E-state index is 0.109. The van der Waals surface area contributed by atoms with E-state index < -0.39 is 0 Å². The second-order valence-electron chi connectivity index (χ2n) is 4.19. The number of rotatable bonds is 1. The highest BCUT2D eigenvalue weighted by Gasteiger charge is 2.31. The minimum atomic E-state index is -0.115. The van der Waals surface area contributed by atoms with Crippen molar-refractivity contribution in [3.05, 3.63) is 5.82 Å². The third-order valence-electron chi connectivity index (χ3n) is 2.75. The Kier molecular flexibility index (Phi) is 2.34. The molecule has 2 unspecified atom stereocenters. The number of nitrogen functional groups attached to an aromatic ring is 1. The van der Waals surface area contributed by atoms with Crippen molar-refractivity contribution in [3.63, 3.8) is 0 Å². The van der Waals surface area contributed by atoms with Crippen LogP contribution in [0.15, 0.2) is 0 Å². The number of anilines is 1. The molecule has 1 aromatic rings. The Morgan fingerprint density at radius 3 is 2.80 bits per heavy atom. The number of nitrogens with one attached hydrogen (secondary N) is 1. The maximum Gasteiger partial charge on any atom is 0.291 e. The van der Waals surface area contributed by atoms with Crippen LogP contribution in [-0.2, 0) is 0 Å². The summed E-state index contributed by atoms with van der Waals surface area (Å²) in [4.78, 5) is 17.6. The topological polar surface area (TPSA) is 87.9 Å². The first-order valence-corrected chi connectivity index (χ1v) is 5.06. The maximum atomic E-state index is 12.0. The number of amides is 1. The third-order valence-corrected chi connectivity index (χ3v) is 2.75. The average molecular weight is 209 g/mol. The van der Waals surface area contributed by atoms with Gasteiger partial charge in [-0.25, -0.2) is 0 Å². The molecule has 1 fully saturated rings. The number of carbonyl (C=O) groups excluding carboxylic acids is 1. The molecular weight excluding hydrogens is 194 g/mol. The molecule has 6 nitrogen and oxygen atoms in total. The fourth-order valence-corrected chi connectivity index (χ4v) is 2.09. The molecular formula is C9H15N5O.